The molecule has 0 amide bonds. The van der Waals surface area contributed by atoms with Gasteiger partial charge in [0, 0.05) is 18.5 Å². The van der Waals surface area contributed by atoms with E-state index in [1.807, 2.05) is 24.3 Å². The van der Waals surface area contributed by atoms with Gasteiger partial charge >= 0.3 is 0 Å². The van der Waals surface area contributed by atoms with E-state index >= 15 is 0 Å². The highest BCUT2D eigenvalue weighted by Crippen LogP contribution is 2.21. The monoisotopic (exact) mass is 293 g/mol. The maximum atomic E-state index is 13.3. The normalized spacial score (nSPS) is 10.4. The van der Waals surface area contributed by atoms with Crippen molar-refractivity contribution in [1.82, 2.24) is 0 Å². The van der Waals surface area contributed by atoms with Crippen LogP contribution >= 0.6 is 0 Å². The summed E-state index contributed by atoms with van der Waals surface area (Å²) in [5.41, 5.74) is 6.52. The topological polar surface area (TPSA) is 44.5 Å². The second-order valence-electron chi connectivity index (χ2n) is 4.41. The minimum atomic E-state index is -0.704. The van der Waals surface area contributed by atoms with Gasteiger partial charge in [0.1, 0.15) is 5.75 Å². The van der Waals surface area contributed by atoms with Gasteiger partial charge in [-0.3, -0.25) is 0 Å². The number of halogens is 2. The van der Waals surface area contributed by atoms with E-state index in [4.69, 9.17) is 15.2 Å². The van der Waals surface area contributed by atoms with Crippen LogP contribution in [0.25, 0.3) is 0 Å². The molecule has 21 heavy (non-hydrogen) atoms. The molecule has 3 nitrogen and oxygen atoms in total. The Morgan fingerprint density at radius 1 is 0.857 bits per heavy atom. The highest BCUT2D eigenvalue weighted by Gasteiger charge is 2.09. The lowest BCUT2D eigenvalue weighted by Gasteiger charge is -2.11. The zero-order valence-corrected chi connectivity index (χ0v) is 11.5. The van der Waals surface area contributed by atoms with E-state index in [0.717, 1.165) is 23.4 Å². The summed E-state index contributed by atoms with van der Waals surface area (Å²) >= 11 is 0. The molecule has 0 saturated heterocycles. The van der Waals surface area contributed by atoms with Crippen molar-refractivity contribution in [3.63, 3.8) is 0 Å². The second-order valence-corrected chi connectivity index (χ2v) is 4.41. The molecule has 0 spiro atoms. The Kier molecular flexibility index (Phi) is 5.51. The molecule has 112 valence electrons. The molecule has 2 rings (SSSR count). The molecule has 2 N–H and O–H groups in total. The van der Waals surface area contributed by atoms with E-state index in [-0.39, 0.29) is 12.4 Å². The molecule has 0 unspecified atom stereocenters. The lowest BCUT2D eigenvalue weighted by Crippen LogP contribution is -2.08. The number of nitrogens with two attached hydrogens (primary N) is 1. The SMILES string of the molecule is NCc1ccccc1OCCCOc1c(F)cccc1F. The van der Waals surface area contributed by atoms with Crippen LogP contribution in [0, 0.1) is 11.6 Å². The molecule has 0 aromatic heterocycles. The van der Waals surface area contributed by atoms with Crippen LogP contribution in [0.15, 0.2) is 42.5 Å². The van der Waals surface area contributed by atoms with Gasteiger partial charge in [0.05, 0.1) is 13.2 Å². The molecule has 5 heteroatoms. The van der Waals surface area contributed by atoms with E-state index in [1.54, 1.807) is 0 Å². The van der Waals surface area contributed by atoms with E-state index in [2.05, 4.69) is 0 Å². The average molecular weight is 293 g/mol. The molecule has 0 heterocycles. The lowest BCUT2D eigenvalue weighted by molar-refractivity contribution is 0.233. The zero-order chi connectivity index (χ0) is 15.1. The summed E-state index contributed by atoms with van der Waals surface area (Å²) in [6.07, 6.45) is 0.507. The van der Waals surface area contributed by atoms with Crippen LogP contribution in [0.2, 0.25) is 0 Å². The average Bonchev–Trinajstić information content (AvgIpc) is 2.50. The highest BCUT2D eigenvalue weighted by atomic mass is 19.1. The minimum absolute atomic E-state index is 0.169. The quantitative estimate of drug-likeness (QED) is 0.797. The third kappa shape index (κ3) is 4.16. The molecule has 0 bridgehead atoms. The van der Waals surface area contributed by atoms with Crippen molar-refractivity contribution in [2.24, 2.45) is 5.73 Å². The Balaban J connectivity index is 1.78. The van der Waals surface area contributed by atoms with Crippen LogP contribution in [0.5, 0.6) is 11.5 Å². The van der Waals surface area contributed by atoms with Gasteiger partial charge in [-0.1, -0.05) is 24.3 Å². The number of para-hydroxylation sites is 2. The molecule has 2 aromatic rings. The molecule has 0 radical (unpaired) electrons. The van der Waals surface area contributed by atoms with Crippen LogP contribution < -0.4 is 15.2 Å². The van der Waals surface area contributed by atoms with Crippen molar-refractivity contribution in [1.29, 1.82) is 0 Å². The van der Waals surface area contributed by atoms with Crippen LogP contribution in [-0.4, -0.2) is 13.2 Å². The second kappa shape index (κ2) is 7.59. The lowest BCUT2D eigenvalue weighted by atomic mass is 10.2. The number of benzene rings is 2. The molecular weight excluding hydrogens is 276 g/mol. The summed E-state index contributed by atoms with van der Waals surface area (Å²) in [7, 11) is 0. The van der Waals surface area contributed by atoms with Gasteiger partial charge < -0.3 is 15.2 Å². The largest absolute Gasteiger partial charge is 0.493 e. The maximum Gasteiger partial charge on any atom is 0.190 e. The minimum Gasteiger partial charge on any atom is -0.493 e. The van der Waals surface area contributed by atoms with Crippen molar-refractivity contribution < 1.29 is 18.3 Å². The fraction of sp³-hybridized carbons (Fsp3) is 0.250. The standard InChI is InChI=1S/C16H17F2NO2/c17-13-6-3-7-14(18)16(13)21-10-4-9-20-15-8-2-1-5-12(15)11-19/h1-3,5-8H,4,9-11,19H2. The van der Waals surface area contributed by atoms with Gasteiger partial charge in [0.15, 0.2) is 17.4 Å². The van der Waals surface area contributed by atoms with Gasteiger partial charge in [-0.05, 0) is 18.2 Å². The summed E-state index contributed by atoms with van der Waals surface area (Å²) in [4.78, 5) is 0. The Morgan fingerprint density at radius 3 is 2.24 bits per heavy atom. The van der Waals surface area contributed by atoms with Gasteiger partial charge in [0.25, 0.3) is 0 Å². The summed E-state index contributed by atoms with van der Waals surface area (Å²) in [5, 5.41) is 0. The maximum absolute atomic E-state index is 13.3. The number of ether oxygens (including phenoxy) is 2. The molecule has 0 fully saturated rings. The first kappa shape index (κ1) is 15.3. The van der Waals surface area contributed by atoms with Crippen LogP contribution in [0.4, 0.5) is 8.78 Å². The summed E-state index contributed by atoms with van der Waals surface area (Å²) in [5.74, 6) is -1.04. The highest BCUT2D eigenvalue weighted by molar-refractivity contribution is 5.33. The van der Waals surface area contributed by atoms with Crippen molar-refractivity contribution in [3.05, 3.63) is 59.7 Å². The van der Waals surface area contributed by atoms with Crippen molar-refractivity contribution in [3.8, 4) is 11.5 Å². The van der Waals surface area contributed by atoms with Crippen molar-refractivity contribution in [2.75, 3.05) is 13.2 Å². The molecule has 0 aliphatic heterocycles. The summed E-state index contributed by atoms with van der Waals surface area (Å²) < 4.78 is 37.3. The third-order valence-corrected chi connectivity index (χ3v) is 2.90. The zero-order valence-electron chi connectivity index (χ0n) is 11.5. The Morgan fingerprint density at radius 2 is 1.52 bits per heavy atom. The molecule has 0 atom stereocenters. The van der Waals surface area contributed by atoms with Gasteiger partial charge in [-0.15, -0.1) is 0 Å². The number of rotatable bonds is 7. The Bertz CT molecular complexity index is 570. The first-order valence-corrected chi connectivity index (χ1v) is 6.70. The fourth-order valence-corrected chi connectivity index (χ4v) is 1.85. The van der Waals surface area contributed by atoms with Gasteiger partial charge in [0.2, 0.25) is 0 Å². The number of hydrogen-bond donors (Lipinski definition) is 1. The summed E-state index contributed by atoms with van der Waals surface area (Å²) in [6, 6.07) is 11.1. The molecule has 0 saturated carbocycles. The van der Waals surface area contributed by atoms with E-state index in [0.29, 0.717) is 19.6 Å². The molecule has 2 aromatic carbocycles. The van der Waals surface area contributed by atoms with Crippen LogP contribution in [-0.2, 0) is 6.54 Å². The van der Waals surface area contributed by atoms with E-state index in [9.17, 15) is 8.78 Å². The van der Waals surface area contributed by atoms with Crippen LogP contribution in [0.1, 0.15) is 12.0 Å². The third-order valence-electron chi connectivity index (χ3n) is 2.90. The van der Waals surface area contributed by atoms with E-state index in [1.165, 1.54) is 6.07 Å². The number of hydrogen-bond acceptors (Lipinski definition) is 3. The molecule has 0 aliphatic rings. The first-order valence-electron chi connectivity index (χ1n) is 6.70. The smallest absolute Gasteiger partial charge is 0.190 e. The van der Waals surface area contributed by atoms with E-state index < -0.39 is 11.6 Å². The fourth-order valence-electron chi connectivity index (χ4n) is 1.85. The molecular formula is C16H17F2NO2. The Hall–Kier alpha value is -2.14. The van der Waals surface area contributed by atoms with Crippen molar-refractivity contribution in [2.45, 2.75) is 13.0 Å². The molecule has 0 aliphatic carbocycles. The van der Waals surface area contributed by atoms with Gasteiger partial charge in [-0.2, -0.15) is 0 Å². The first-order chi connectivity index (χ1) is 10.2. The van der Waals surface area contributed by atoms with Gasteiger partial charge in [-0.25, -0.2) is 8.78 Å². The Labute approximate surface area is 122 Å². The summed E-state index contributed by atoms with van der Waals surface area (Å²) in [6.45, 7) is 0.947. The van der Waals surface area contributed by atoms with Crippen molar-refractivity contribution >= 4 is 0 Å². The predicted molar refractivity (Wildman–Crippen MR) is 76.3 cm³/mol. The predicted octanol–water partition coefficient (Wildman–Crippen LogP) is 3.27. The van der Waals surface area contributed by atoms with Crippen LogP contribution in [0.3, 0.4) is 0 Å².